The van der Waals surface area contributed by atoms with Crippen LogP contribution in [0.3, 0.4) is 0 Å². The molecule has 8 heteroatoms. The minimum Gasteiger partial charge on any atom is -0.439 e. The SMILES string of the molecule is O=C(CO)c1ccc(Oc2ccc3c(c2)COB3O)nc1CO. The maximum atomic E-state index is 11.5. The fraction of sp³-hybridized carbons (Fsp3) is 0.200. The van der Waals surface area contributed by atoms with Crippen LogP contribution in [0.5, 0.6) is 11.6 Å². The summed E-state index contributed by atoms with van der Waals surface area (Å²) in [7, 11) is -0.915. The molecular weight excluding hydrogens is 301 g/mol. The number of carbonyl (C=O) groups excluding carboxylic acids is 1. The third-order valence-corrected chi connectivity index (χ3v) is 3.54. The molecule has 2 aromatic rings. The van der Waals surface area contributed by atoms with Gasteiger partial charge in [-0.2, -0.15) is 0 Å². The molecule has 0 atom stereocenters. The van der Waals surface area contributed by atoms with Crippen LogP contribution in [0.1, 0.15) is 21.6 Å². The fourth-order valence-corrected chi connectivity index (χ4v) is 2.39. The predicted molar refractivity (Wildman–Crippen MR) is 80.5 cm³/mol. The summed E-state index contributed by atoms with van der Waals surface area (Å²) in [6.07, 6.45) is 0. The maximum absolute atomic E-state index is 11.5. The maximum Gasteiger partial charge on any atom is 0.491 e. The zero-order valence-corrected chi connectivity index (χ0v) is 12.1. The second-order valence-corrected chi connectivity index (χ2v) is 5.01. The van der Waals surface area contributed by atoms with E-state index >= 15 is 0 Å². The average Bonchev–Trinajstić information content (AvgIpc) is 2.94. The summed E-state index contributed by atoms with van der Waals surface area (Å²) in [5.74, 6) is 0.193. The zero-order chi connectivity index (χ0) is 16.4. The average molecular weight is 315 g/mol. The normalized spacial score (nSPS) is 13.1. The van der Waals surface area contributed by atoms with Gasteiger partial charge in [-0.05, 0) is 29.2 Å². The molecule has 0 fully saturated rings. The van der Waals surface area contributed by atoms with Crippen LogP contribution in [0, 0.1) is 0 Å². The van der Waals surface area contributed by atoms with Gasteiger partial charge in [0.15, 0.2) is 5.78 Å². The van der Waals surface area contributed by atoms with Gasteiger partial charge in [-0.15, -0.1) is 0 Å². The number of benzene rings is 1. The number of carbonyl (C=O) groups is 1. The van der Waals surface area contributed by atoms with Crippen LogP contribution in [0.2, 0.25) is 0 Å². The first-order valence-electron chi connectivity index (χ1n) is 6.97. The van der Waals surface area contributed by atoms with Gasteiger partial charge in [0.25, 0.3) is 0 Å². The molecule has 1 aliphatic rings. The number of ether oxygens (including phenoxy) is 1. The molecule has 0 bridgehead atoms. The Morgan fingerprint density at radius 1 is 1.30 bits per heavy atom. The van der Waals surface area contributed by atoms with Crippen LogP contribution in [0.25, 0.3) is 0 Å². The third-order valence-electron chi connectivity index (χ3n) is 3.54. The Balaban J connectivity index is 1.85. The van der Waals surface area contributed by atoms with E-state index in [1.807, 2.05) is 0 Å². The Labute approximate surface area is 132 Å². The second-order valence-electron chi connectivity index (χ2n) is 5.01. The van der Waals surface area contributed by atoms with E-state index < -0.39 is 26.1 Å². The zero-order valence-electron chi connectivity index (χ0n) is 12.1. The van der Waals surface area contributed by atoms with E-state index in [9.17, 15) is 14.9 Å². The van der Waals surface area contributed by atoms with Crippen LogP contribution in [0.4, 0.5) is 0 Å². The van der Waals surface area contributed by atoms with Crippen molar-refractivity contribution >= 4 is 18.4 Å². The summed E-state index contributed by atoms with van der Waals surface area (Å²) in [6.45, 7) is -0.794. The van der Waals surface area contributed by atoms with Crippen molar-refractivity contribution in [1.29, 1.82) is 0 Å². The van der Waals surface area contributed by atoms with Gasteiger partial charge < -0.3 is 24.6 Å². The van der Waals surface area contributed by atoms with Gasteiger partial charge in [0, 0.05) is 11.6 Å². The monoisotopic (exact) mass is 315 g/mol. The van der Waals surface area contributed by atoms with Gasteiger partial charge >= 0.3 is 7.12 Å². The molecular formula is C15H14BNO6. The number of aromatic nitrogens is 1. The number of aliphatic hydroxyl groups excluding tert-OH is 2. The summed E-state index contributed by atoms with van der Waals surface area (Å²) < 4.78 is 10.7. The van der Waals surface area contributed by atoms with Gasteiger partial charge in [0.05, 0.1) is 18.9 Å². The van der Waals surface area contributed by atoms with Crippen LogP contribution < -0.4 is 10.2 Å². The number of rotatable bonds is 5. The molecule has 0 radical (unpaired) electrons. The highest BCUT2D eigenvalue weighted by molar-refractivity contribution is 6.61. The quantitative estimate of drug-likeness (QED) is 0.516. The molecule has 0 spiro atoms. The molecule has 0 saturated carbocycles. The van der Waals surface area contributed by atoms with E-state index in [1.54, 1.807) is 18.2 Å². The van der Waals surface area contributed by atoms with Crippen molar-refractivity contribution in [1.82, 2.24) is 4.98 Å². The molecule has 118 valence electrons. The van der Waals surface area contributed by atoms with E-state index in [0.717, 1.165) is 5.56 Å². The van der Waals surface area contributed by atoms with Crippen LogP contribution in [0.15, 0.2) is 30.3 Å². The molecule has 2 heterocycles. The molecule has 3 N–H and O–H groups in total. The number of ketones is 1. The summed E-state index contributed by atoms with van der Waals surface area (Å²) in [5.41, 5.74) is 1.82. The Kier molecular flexibility index (Phi) is 4.40. The lowest BCUT2D eigenvalue weighted by Gasteiger charge is -2.09. The van der Waals surface area contributed by atoms with Crippen LogP contribution in [-0.4, -0.2) is 39.7 Å². The van der Waals surface area contributed by atoms with Crippen molar-refractivity contribution in [2.45, 2.75) is 13.2 Å². The van der Waals surface area contributed by atoms with Crippen molar-refractivity contribution in [3.05, 3.63) is 47.2 Å². The van der Waals surface area contributed by atoms with Gasteiger partial charge in [-0.1, -0.05) is 6.07 Å². The highest BCUT2D eigenvalue weighted by Crippen LogP contribution is 2.23. The van der Waals surface area contributed by atoms with Gasteiger partial charge in [-0.25, -0.2) is 4.98 Å². The number of fused-ring (bicyclic) bond motifs is 1. The molecule has 0 amide bonds. The lowest BCUT2D eigenvalue weighted by molar-refractivity contribution is 0.0900. The predicted octanol–water partition coefficient (Wildman–Crippen LogP) is -0.241. The largest absolute Gasteiger partial charge is 0.491 e. The molecule has 23 heavy (non-hydrogen) atoms. The molecule has 0 saturated heterocycles. The van der Waals surface area contributed by atoms with Crippen molar-refractivity contribution in [3.63, 3.8) is 0 Å². The summed E-state index contributed by atoms with van der Waals surface area (Å²) in [5, 5.41) is 27.8. The number of pyridine rings is 1. The van der Waals surface area contributed by atoms with E-state index in [2.05, 4.69) is 4.98 Å². The number of aliphatic hydroxyl groups is 2. The lowest BCUT2D eigenvalue weighted by Crippen LogP contribution is -2.27. The van der Waals surface area contributed by atoms with E-state index in [1.165, 1.54) is 12.1 Å². The second kappa shape index (κ2) is 6.47. The first-order valence-corrected chi connectivity index (χ1v) is 6.97. The minimum absolute atomic E-state index is 0.140. The first kappa shape index (κ1) is 15.6. The highest BCUT2D eigenvalue weighted by atomic mass is 16.5. The minimum atomic E-state index is -0.915. The van der Waals surface area contributed by atoms with Crippen molar-refractivity contribution in [2.75, 3.05) is 6.61 Å². The standard InChI is InChI=1S/C15H14BNO6/c18-6-13-11(14(20)7-19)2-4-15(17-13)23-10-1-3-12-9(5-10)8-22-16(12)21/h1-5,18-19,21H,6-8H2. The molecule has 0 aliphatic carbocycles. The van der Waals surface area contributed by atoms with E-state index in [0.29, 0.717) is 17.8 Å². The third kappa shape index (κ3) is 3.11. The summed E-state index contributed by atoms with van der Waals surface area (Å²) >= 11 is 0. The number of nitrogens with zero attached hydrogens (tertiary/aromatic N) is 1. The molecule has 1 aromatic carbocycles. The van der Waals surface area contributed by atoms with Crippen LogP contribution in [-0.2, 0) is 17.9 Å². The van der Waals surface area contributed by atoms with Crippen LogP contribution >= 0.6 is 0 Å². The lowest BCUT2D eigenvalue weighted by atomic mass is 9.80. The summed E-state index contributed by atoms with van der Waals surface area (Å²) in [4.78, 5) is 15.6. The highest BCUT2D eigenvalue weighted by Gasteiger charge is 2.27. The van der Waals surface area contributed by atoms with E-state index in [4.69, 9.17) is 14.5 Å². The first-order chi connectivity index (χ1) is 11.1. The Morgan fingerprint density at radius 2 is 2.13 bits per heavy atom. The molecule has 3 rings (SSSR count). The van der Waals surface area contributed by atoms with Gasteiger partial charge in [0.2, 0.25) is 5.88 Å². The molecule has 0 unspecified atom stereocenters. The summed E-state index contributed by atoms with van der Waals surface area (Å²) in [6, 6.07) is 8.05. The fourth-order valence-electron chi connectivity index (χ4n) is 2.39. The number of hydrogen-bond donors (Lipinski definition) is 3. The van der Waals surface area contributed by atoms with Gasteiger partial charge in [0.1, 0.15) is 12.4 Å². The van der Waals surface area contributed by atoms with Crippen molar-refractivity contribution < 1.29 is 29.4 Å². The Bertz CT molecular complexity index is 751. The smallest absolute Gasteiger partial charge is 0.439 e. The van der Waals surface area contributed by atoms with Crippen molar-refractivity contribution in [2.24, 2.45) is 0 Å². The number of Topliss-reactive ketones (excluding diaryl/α,β-unsaturated/α-hetero) is 1. The van der Waals surface area contributed by atoms with Gasteiger partial charge in [-0.3, -0.25) is 4.79 Å². The van der Waals surface area contributed by atoms with Crippen molar-refractivity contribution in [3.8, 4) is 11.6 Å². The topological polar surface area (TPSA) is 109 Å². The number of hydrogen-bond acceptors (Lipinski definition) is 7. The Hall–Kier alpha value is -2.26. The molecule has 1 aromatic heterocycles. The van der Waals surface area contributed by atoms with E-state index in [-0.39, 0.29) is 17.1 Å². The Morgan fingerprint density at radius 3 is 2.87 bits per heavy atom. The molecule has 1 aliphatic heterocycles. The molecule has 7 nitrogen and oxygen atoms in total.